The van der Waals surface area contributed by atoms with Crippen LogP contribution >= 0.6 is 15.9 Å². The highest BCUT2D eigenvalue weighted by Crippen LogP contribution is 2.23. The highest BCUT2D eigenvalue weighted by atomic mass is 79.9. The van der Waals surface area contributed by atoms with Crippen molar-refractivity contribution in [3.63, 3.8) is 0 Å². The minimum Gasteiger partial charge on any atom is -0.299 e. The van der Waals surface area contributed by atoms with Crippen LogP contribution in [-0.4, -0.2) is 9.38 Å². The molecule has 0 saturated heterocycles. The topological polar surface area (TPSA) is 17.3 Å². The number of rotatable bonds is 1. The average Bonchev–Trinajstić information content (AvgIpc) is 2.75. The van der Waals surface area contributed by atoms with Gasteiger partial charge in [0.2, 0.25) is 0 Å². The number of hydrogen-bond donors (Lipinski definition) is 0. The quantitative estimate of drug-likeness (QED) is 0.652. The first-order chi connectivity index (χ1) is 8.65. The highest BCUT2D eigenvalue weighted by Gasteiger charge is 2.07. The minimum atomic E-state index is 0.981. The molecule has 0 amide bonds. The van der Waals surface area contributed by atoms with Crippen molar-refractivity contribution in [3.8, 4) is 11.4 Å². The lowest BCUT2D eigenvalue weighted by molar-refractivity contribution is 1.15. The van der Waals surface area contributed by atoms with Crippen molar-refractivity contribution >= 4 is 21.4 Å². The van der Waals surface area contributed by atoms with Gasteiger partial charge in [-0.05, 0) is 59.1 Å². The van der Waals surface area contributed by atoms with E-state index in [0.717, 1.165) is 21.4 Å². The zero-order valence-electron chi connectivity index (χ0n) is 10.3. The molecule has 18 heavy (non-hydrogen) atoms. The normalized spacial score (nSPS) is 11.1. The molecule has 90 valence electrons. The molecule has 0 aliphatic heterocycles. The van der Waals surface area contributed by atoms with Gasteiger partial charge < -0.3 is 0 Å². The summed E-state index contributed by atoms with van der Waals surface area (Å²) in [5, 5.41) is 0. The van der Waals surface area contributed by atoms with Gasteiger partial charge in [-0.3, -0.25) is 4.40 Å². The van der Waals surface area contributed by atoms with Crippen LogP contribution in [0.4, 0.5) is 0 Å². The van der Waals surface area contributed by atoms with E-state index >= 15 is 0 Å². The Hall–Kier alpha value is -1.61. The fourth-order valence-corrected chi connectivity index (χ4v) is 2.40. The zero-order valence-corrected chi connectivity index (χ0v) is 11.9. The number of aryl methyl sites for hydroxylation is 2. The number of imidazole rings is 1. The van der Waals surface area contributed by atoms with Crippen LogP contribution in [0.3, 0.4) is 0 Å². The van der Waals surface area contributed by atoms with Gasteiger partial charge in [-0.15, -0.1) is 0 Å². The number of pyridine rings is 1. The highest BCUT2D eigenvalue weighted by molar-refractivity contribution is 9.10. The predicted molar refractivity (Wildman–Crippen MR) is 77.8 cm³/mol. The Kier molecular flexibility index (Phi) is 2.71. The SMILES string of the molecule is Cc1ccc(-c2ncc3ccc(Br)cn23)cc1C. The standard InChI is InChI=1S/C15H13BrN2/c1-10-3-4-12(7-11(10)2)15-17-8-14-6-5-13(16)9-18(14)15/h3-9H,1-2H3. The average molecular weight is 301 g/mol. The third kappa shape index (κ3) is 1.85. The molecule has 3 heteroatoms. The molecule has 3 rings (SSSR count). The monoisotopic (exact) mass is 300 g/mol. The van der Waals surface area contributed by atoms with Crippen LogP contribution in [0.15, 0.2) is 47.2 Å². The zero-order chi connectivity index (χ0) is 12.7. The Labute approximate surface area is 114 Å². The molecule has 0 radical (unpaired) electrons. The van der Waals surface area contributed by atoms with E-state index in [-0.39, 0.29) is 0 Å². The minimum absolute atomic E-state index is 0.981. The van der Waals surface area contributed by atoms with Crippen molar-refractivity contribution in [3.05, 3.63) is 58.3 Å². The number of fused-ring (bicyclic) bond motifs is 1. The van der Waals surface area contributed by atoms with E-state index in [1.54, 1.807) is 0 Å². The van der Waals surface area contributed by atoms with Crippen LogP contribution in [0.5, 0.6) is 0 Å². The van der Waals surface area contributed by atoms with E-state index in [2.05, 4.69) is 63.4 Å². The molecule has 0 atom stereocenters. The van der Waals surface area contributed by atoms with Crippen molar-refractivity contribution in [1.82, 2.24) is 9.38 Å². The van der Waals surface area contributed by atoms with Gasteiger partial charge in [0.15, 0.2) is 0 Å². The van der Waals surface area contributed by atoms with Gasteiger partial charge in [0, 0.05) is 16.2 Å². The van der Waals surface area contributed by atoms with Crippen molar-refractivity contribution in [1.29, 1.82) is 0 Å². The van der Waals surface area contributed by atoms with Gasteiger partial charge in [0.05, 0.1) is 11.7 Å². The van der Waals surface area contributed by atoms with Gasteiger partial charge >= 0.3 is 0 Å². The molecule has 1 aromatic carbocycles. The summed E-state index contributed by atoms with van der Waals surface area (Å²) in [5.74, 6) is 0.981. The Bertz CT molecular complexity index is 728. The van der Waals surface area contributed by atoms with Crippen LogP contribution < -0.4 is 0 Å². The second-order valence-corrected chi connectivity index (χ2v) is 5.44. The molecule has 0 bridgehead atoms. The molecular formula is C15H13BrN2. The summed E-state index contributed by atoms with van der Waals surface area (Å²) in [4.78, 5) is 4.52. The summed E-state index contributed by atoms with van der Waals surface area (Å²) in [5.41, 5.74) is 4.85. The van der Waals surface area contributed by atoms with Crippen LogP contribution in [0.2, 0.25) is 0 Å². The van der Waals surface area contributed by atoms with Gasteiger partial charge in [-0.1, -0.05) is 12.1 Å². The molecule has 2 aromatic heterocycles. The number of nitrogens with zero attached hydrogens (tertiary/aromatic N) is 2. The van der Waals surface area contributed by atoms with Gasteiger partial charge in [0.1, 0.15) is 5.82 Å². The van der Waals surface area contributed by atoms with E-state index < -0.39 is 0 Å². The predicted octanol–water partition coefficient (Wildman–Crippen LogP) is 4.38. The van der Waals surface area contributed by atoms with E-state index in [9.17, 15) is 0 Å². The van der Waals surface area contributed by atoms with Crippen LogP contribution in [-0.2, 0) is 0 Å². The van der Waals surface area contributed by atoms with Crippen LogP contribution in [0.1, 0.15) is 11.1 Å². The lowest BCUT2D eigenvalue weighted by atomic mass is 10.1. The van der Waals surface area contributed by atoms with Crippen molar-refractivity contribution in [2.45, 2.75) is 13.8 Å². The molecule has 0 spiro atoms. The molecular weight excluding hydrogens is 288 g/mol. The smallest absolute Gasteiger partial charge is 0.144 e. The first-order valence-corrected chi connectivity index (χ1v) is 6.65. The number of halogens is 1. The summed E-state index contributed by atoms with van der Waals surface area (Å²) in [6, 6.07) is 10.5. The molecule has 0 saturated carbocycles. The van der Waals surface area contributed by atoms with E-state index in [0.29, 0.717) is 0 Å². The summed E-state index contributed by atoms with van der Waals surface area (Å²) in [6.45, 7) is 4.25. The maximum atomic E-state index is 4.52. The molecule has 0 aliphatic rings. The first-order valence-electron chi connectivity index (χ1n) is 5.85. The number of benzene rings is 1. The maximum Gasteiger partial charge on any atom is 0.144 e. The first kappa shape index (κ1) is 11.5. The third-order valence-electron chi connectivity index (χ3n) is 3.26. The second-order valence-electron chi connectivity index (χ2n) is 4.52. The Morgan fingerprint density at radius 2 is 1.89 bits per heavy atom. The van der Waals surface area contributed by atoms with Crippen molar-refractivity contribution in [2.75, 3.05) is 0 Å². The molecule has 0 unspecified atom stereocenters. The van der Waals surface area contributed by atoms with Gasteiger partial charge in [0.25, 0.3) is 0 Å². The summed E-state index contributed by atoms with van der Waals surface area (Å²) < 4.78 is 3.16. The Balaban J connectivity index is 2.24. The van der Waals surface area contributed by atoms with Crippen molar-refractivity contribution < 1.29 is 0 Å². The van der Waals surface area contributed by atoms with Crippen LogP contribution in [0.25, 0.3) is 16.9 Å². The summed E-state index contributed by atoms with van der Waals surface area (Å²) in [7, 11) is 0. The van der Waals surface area contributed by atoms with E-state index in [1.807, 2.05) is 18.5 Å². The molecule has 2 heterocycles. The van der Waals surface area contributed by atoms with Gasteiger partial charge in [-0.25, -0.2) is 4.98 Å². The largest absolute Gasteiger partial charge is 0.299 e. The fraction of sp³-hybridized carbons (Fsp3) is 0.133. The summed E-state index contributed by atoms with van der Waals surface area (Å²) >= 11 is 3.50. The number of aromatic nitrogens is 2. The molecule has 2 nitrogen and oxygen atoms in total. The van der Waals surface area contributed by atoms with E-state index in [1.165, 1.54) is 11.1 Å². The third-order valence-corrected chi connectivity index (χ3v) is 3.73. The van der Waals surface area contributed by atoms with Crippen LogP contribution in [0, 0.1) is 13.8 Å². The fourth-order valence-electron chi connectivity index (χ4n) is 2.06. The Morgan fingerprint density at radius 1 is 1.06 bits per heavy atom. The Morgan fingerprint density at radius 3 is 2.67 bits per heavy atom. The van der Waals surface area contributed by atoms with Crippen molar-refractivity contribution in [2.24, 2.45) is 0 Å². The lowest BCUT2D eigenvalue weighted by Crippen LogP contribution is -1.90. The molecule has 0 N–H and O–H groups in total. The lowest BCUT2D eigenvalue weighted by Gasteiger charge is -2.05. The van der Waals surface area contributed by atoms with Gasteiger partial charge in [-0.2, -0.15) is 0 Å². The summed E-state index contributed by atoms with van der Waals surface area (Å²) in [6.07, 6.45) is 3.95. The number of hydrogen-bond acceptors (Lipinski definition) is 1. The molecule has 0 aliphatic carbocycles. The molecule has 3 aromatic rings. The maximum absolute atomic E-state index is 4.52. The second kappa shape index (κ2) is 4.25. The van der Waals surface area contributed by atoms with E-state index in [4.69, 9.17) is 0 Å². The molecule has 0 fully saturated rings.